The summed E-state index contributed by atoms with van der Waals surface area (Å²) in [5.74, 6) is -0.267. The topological polar surface area (TPSA) is 108 Å². The molecule has 0 aliphatic carbocycles. The highest BCUT2D eigenvalue weighted by molar-refractivity contribution is 7.45. The lowest BCUT2D eigenvalue weighted by Crippen LogP contribution is -2.45. The quantitative estimate of drug-likeness (QED) is 0.0272. The van der Waals surface area contributed by atoms with Crippen LogP contribution in [0.5, 0.6) is 0 Å². The molecule has 1 amide bonds. The number of aliphatic hydroxyl groups excluding tert-OH is 1. The second-order valence-corrected chi connectivity index (χ2v) is 22.7. The van der Waals surface area contributed by atoms with Crippen molar-refractivity contribution in [3.05, 3.63) is 109 Å². The molecule has 0 aliphatic heterocycles. The summed E-state index contributed by atoms with van der Waals surface area (Å²) in [5.41, 5.74) is 0. The molecule has 3 atom stereocenters. The monoisotopic (exact) mass is 1050 g/mol. The van der Waals surface area contributed by atoms with Crippen LogP contribution in [0.2, 0.25) is 0 Å². The lowest BCUT2D eigenvalue weighted by atomic mass is 10.0. The number of unbranched alkanes of at least 4 members (excludes halogenated alkanes) is 25. The van der Waals surface area contributed by atoms with E-state index in [-0.39, 0.29) is 18.9 Å². The highest BCUT2D eigenvalue weighted by Gasteiger charge is 2.23. The van der Waals surface area contributed by atoms with Crippen molar-refractivity contribution < 1.29 is 32.9 Å². The van der Waals surface area contributed by atoms with Crippen LogP contribution in [0.1, 0.15) is 245 Å². The Morgan fingerprint density at radius 2 is 0.838 bits per heavy atom. The number of likely N-dealkylation sites (N-methyl/N-ethyl adjacent to an activating group) is 1. The van der Waals surface area contributed by atoms with E-state index in [1.165, 1.54) is 148 Å². The van der Waals surface area contributed by atoms with E-state index in [4.69, 9.17) is 9.05 Å². The first-order chi connectivity index (χ1) is 36.0. The Labute approximate surface area is 457 Å². The molecule has 0 heterocycles. The number of hydrogen-bond acceptors (Lipinski definition) is 6. The van der Waals surface area contributed by atoms with Crippen LogP contribution in [0.25, 0.3) is 0 Å². The van der Waals surface area contributed by atoms with E-state index < -0.39 is 26.6 Å². The highest BCUT2D eigenvalue weighted by Crippen LogP contribution is 2.38. The molecule has 9 heteroatoms. The van der Waals surface area contributed by atoms with Gasteiger partial charge in [0.2, 0.25) is 5.91 Å². The van der Waals surface area contributed by atoms with Crippen molar-refractivity contribution in [1.82, 2.24) is 5.32 Å². The summed E-state index contributed by atoms with van der Waals surface area (Å²) in [5, 5.41) is 13.8. The molecule has 0 aromatic rings. The number of quaternary nitrogens is 1. The average molecular weight is 1050 g/mol. The highest BCUT2D eigenvalue weighted by atomic mass is 31.2. The first-order valence-electron chi connectivity index (χ1n) is 30.2. The minimum Gasteiger partial charge on any atom is -0.756 e. The molecule has 2 N–H and O–H groups in total. The van der Waals surface area contributed by atoms with E-state index in [1.54, 1.807) is 6.08 Å². The molecule has 74 heavy (non-hydrogen) atoms. The fraction of sp³-hybridized carbons (Fsp3) is 0.708. The molecule has 8 nitrogen and oxygen atoms in total. The number of carbonyl (C=O) groups is 1. The van der Waals surface area contributed by atoms with Crippen molar-refractivity contribution in [2.75, 3.05) is 40.9 Å². The van der Waals surface area contributed by atoms with Crippen LogP contribution in [-0.2, 0) is 18.4 Å². The van der Waals surface area contributed by atoms with Crippen molar-refractivity contribution >= 4 is 13.7 Å². The molecule has 0 rings (SSSR count). The largest absolute Gasteiger partial charge is 0.756 e. The normalized spacial score (nSPS) is 14.6. The van der Waals surface area contributed by atoms with E-state index in [0.717, 1.165) is 70.6 Å². The lowest BCUT2D eigenvalue weighted by Gasteiger charge is -2.29. The Bertz CT molecular complexity index is 1570. The van der Waals surface area contributed by atoms with Crippen LogP contribution in [0.3, 0.4) is 0 Å². The van der Waals surface area contributed by atoms with Crippen molar-refractivity contribution in [3.63, 3.8) is 0 Å². The third-order valence-electron chi connectivity index (χ3n) is 13.0. The van der Waals surface area contributed by atoms with Gasteiger partial charge in [0.15, 0.2) is 0 Å². The summed E-state index contributed by atoms with van der Waals surface area (Å²) in [6, 6.07) is -0.944. The van der Waals surface area contributed by atoms with Gasteiger partial charge in [0, 0.05) is 6.42 Å². The smallest absolute Gasteiger partial charge is 0.268 e. The predicted molar refractivity (Wildman–Crippen MR) is 320 cm³/mol. The molecule has 426 valence electrons. The molecule has 0 aromatic heterocycles. The van der Waals surface area contributed by atoms with Crippen LogP contribution in [0.15, 0.2) is 109 Å². The maximum absolute atomic E-state index is 12.9. The molecular formula is C65H115N2O6P. The van der Waals surface area contributed by atoms with Crippen LogP contribution in [0, 0.1) is 0 Å². The minimum atomic E-state index is -4.63. The van der Waals surface area contributed by atoms with Gasteiger partial charge in [-0.1, -0.05) is 264 Å². The Morgan fingerprint density at radius 3 is 1.26 bits per heavy atom. The van der Waals surface area contributed by atoms with Gasteiger partial charge in [0.05, 0.1) is 39.9 Å². The Hall–Kier alpha value is -2.84. The minimum absolute atomic E-state index is 0.0233. The number of nitrogens with zero attached hydrogens (tertiary/aromatic N) is 1. The Balaban J connectivity index is 4.32. The number of nitrogens with one attached hydrogen (secondary N) is 1. The van der Waals surface area contributed by atoms with E-state index in [2.05, 4.69) is 116 Å². The number of aliphatic hydroxyl groups is 1. The number of phosphoric acid groups is 1. The maximum Gasteiger partial charge on any atom is 0.268 e. The van der Waals surface area contributed by atoms with Crippen molar-refractivity contribution in [2.24, 2.45) is 0 Å². The van der Waals surface area contributed by atoms with Crippen LogP contribution in [-0.4, -0.2) is 68.5 Å². The summed E-state index contributed by atoms with van der Waals surface area (Å²) in [7, 11) is 1.19. The van der Waals surface area contributed by atoms with Gasteiger partial charge in [0.1, 0.15) is 13.2 Å². The molecule has 0 fully saturated rings. The van der Waals surface area contributed by atoms with Crippen LogP contribution >= 0.6 is 7.82 Å². The Kier molecular flexibility index (Phi) is 52.8. The summed E-state index contributed by atoms with van der Waals surface area (Å²) < 4.78 is 23.3. The summed E-state index contributed by atoms with van der Waals surface area (Å²) in [6.07, 6.45) is 80.5. The standard InChI is InChI=1S/C65H115N2O6P/c1-6-8-10-12-14-16-18-20-22-24-26-28-30-31-32-33-34-35-37-38-40-42-44-46-48-50-52-54-56-58-64(68)63(62-73-74(70,71)72-61-60-67(3,4)5)66-65(69)59-57-55-53-51-49-47-45-43-41-39-36-29-27-25-23-21-19-17-15-13-11-9-7-2/h9,11,15,17,21,23,27,29,39,41,45,47-48,50-51,53,56,58,63-64,68H,6-8,10,12-14,16,18-20,22,24-26,28,30-38,40,42-44,46,49,52,54-55,57,59-62H2,1-5H3,(H-,66,69,70,71)/b11-9-,17-15-,23-21-,29-27-,41-39-,47-45-,50-48+,53-51-,58-56+. The number of hydrogen-bond donors (Lipinski definition) is 2. The van der Waals surface area contributed by atoms with E-state index in [1.807, 2.05) is 27.2 Å². The SMILES string of the molecule is CC/C=C\C/C=C\C/C=C\C/C=C\C/C=C\C/C=C\C/C=C\CCCC(=O)NC(COP(=O)([O-])OCC[N+](C)(C)C)C(O)/C=C/CC/C=C/CCCCCCCCCCCCCCCCCCCCCCCCC. The van der Waals surface area contributed by atoms with Gasteiger partial charge < -0.3 is 28.8 Å². The van der Waals surface area contributed by atoms with Gasteiger partial charge >= 0.3 is 0 Å². The second kappa shape index (κ2) is 54.9. The van der Waals surface area contributed by atoms with E-state index >= 15 is 0 Å². The average Bonchev–Trinajstić information content (AvgIpc) is 3.36. The number of rotatable bonds is 54. The van der Waals surface area contributed by atoms with Crippen LogP contribution in [0.4, 0.5) is 0 Å². The third-order valence-corrected chi connectivity index (χ3v) is 13.9. The van der Waals surface area contributed by atoms with Gasteiger partial charge in [-0.2, -0.15) is 0 Å². The van der Waals surface area contributed by atoms with E-state index in [0.29, 0.717) is 17.4 Å². The van der Waals surface area contributed by atoms with E-state index in [9.17, 15) is 19.4 Å². The number of allylic oxidation sites excluding steroid dienone is 17. The van der Waals surface area contributed by atoms with Gasteiger partial charge in [-0.05, 0) is 83.5 Å². The second-order valence-electron chi connectivity index (χ2n) is 21.3. The first kappa shape index (κ1) is 71.2. The maximum atomic E-state index is 12.9. The Morgan fingerprint density at radius 1 is 0.486 bits per heavy atom. The predicted octanol–water partition coefficient (Wildman–Crippen LogP) is 18.1. The molecule has 0 radical (unpaired) electrons. The third kappa shape index (κ3) is 56.9. The lowest BCUT2D eigenvalue weighted by molar-refractivity contribution is -0.870. The summed E-state index contributed by atoms with van der Waals surface area (Å²) >= 11 is 0. The zero-order valence-corrected chi connectivity index (χ0v) is 49.4. The van der Waals surface area contributed by atoms with Gasteiger partial charge in [-0.3, -0.25) is 9.36 Å². The molecular weight excluding hydrogens is 936 g/mol. The summed E-state index contributed by atoms with van der Waals surface area (Å²) in [4.78, 5) is 25.5. The first-order valence-corrected chi connectivity index (χ1v) is 31.7. The molecule has 0 aliphatic rings. The molecule has 0 saturated heterocycles. The fourth-order valence-corrected chi connectivity index (χ4v) is 9.00. The zero-order valence-electron chi connectivity index (χ0n) is 48.5. The van der Waals surface area contributed by atoms with Crippen LogP contribution < -0.4 is 10.2 Å². The van der Waals surface area contributed by atoms with Crippen molar-refractivity contribution in [1.29, 1.82) is 0 Å². The fourth-order valence-electron chi connectivity index (χ4n) is 8.28. The van der Waals surface area contributed by atoms with Crippen molar-refractivity contribution in [2.45, 2.75) is 257 Å². The molecule has 0 saturated carbocycles. The molecule has 0 aromatic carbocycles. The summed E-state index contributed by atoms with van der Waals surface area (Å²) in [6.45, 7) is 4.48. The van der Waals surface area contributed by atoms with Gasteiger partial charge in [-0.15, -0.1) is 0 Å². The van der Waals surface area contributed by atoms with Crippen molar-refractivity contribution in [3.8, 4) is 0 Å². The number of phosphoric ester groups is 1. The number of carbonyl (C=O) groups excluding carboxylic acids is 1. The molecule has 0 spiro atoms. The molecule has 0 bridgehead atoms. The van der Waals surface area contributed by atoms with Gasteiger partial charge in [0.25, 0.3) is 7.82 Å². The number of amides is 1. The zero-order chi connectivity index (χ0) is 54.2. The molecule has 3 unspecified atom stereocenters. The van der Waals surface area contributed by atoms with Gasteiger partial charge in [-0.25, -0.2) is 0 Å².